The predicted molar refractivity (Wildman–Crippen MR) is 68.3 cm³/mol. The molecule has 1 atom stereocenters. The molecular weight excluding hydrogens is 275 g/mol. The number of fused-ring (bicyclic) bond motifs is 1. The molecule has 2 N–H and O–H groups in total. The minimum absolute atomic E-state index is 0.171. The first kappa shape index (κ1) is 14.4. The van der Waals surface area contributed by atoms with Crippen molar-refractivity contribution in [3.63, 3.8) is 0 Å². The van der Waals surface area contributed by atoms with E-state index < -0.39 is 17.3 Å². The third-order valence-corrected chi connectivity index (χ3v) is 4.34. The summed E-state index contributed by atoms with van der Waals surface area (Å²) in [4.78, 5) is 12.6. The summed E-state index contributed by atoms with van der Waals surface area (Å²) in [6.45, 7) is 3.51. The first-order chi connectivity index (χ1) is 8.60. The van der Waals surface area contributed by atoms with E-state index in [1.165, 1.54) is 17.8 Å². The zero-order valence-corrected chi connectivity index (χ0v) is 11.4. The van der Waals surface area contributed by atoms with Crippen LogP contribution >= 0.6 is 11.8 Å². The van der Waals surface area contributed by atoms with Crippen LogP contribution < -0.4 is 5.73 Å². The number of carbonyl (C=O) groups excluding carboxylic acids is 1. The van der Waals surface area contributed by atoms with E-state index in [1.807, 2.05) is 0 Å². The van der Waals surface area contributed by atoms with Crippen LogP contribution in [-0.4, -0.2) is 17.1 Å². The van der Waals surface area contributed by atoms with E-state index >= 15 is 0 Å². The number of ketones is 1. The summed E-state index contributed by atoms with van der Waals surface area (Å²) in [5, 5.41) is 0. The van der Waals surface area contributed by atoms with Crippen molar-refractivity contribution >= 4 is 17.5 Å². The maximum atomic E-state index is 12.6. The van der Waals surface area contributed by atoms with Crippen LogP contribution in [0.2, 0.25) is 0 Å². The minimum Gasteiger partial charge on any atom is -0.325 e. The second-order valence-electron chi connectivity index (χ2n) is 5.26. The van der Waals surface area contributed by atoms with E-state index in [-0.39, 0.29) is 11.7 Å². The lowest BCUT2D eigenvalue weighted by Gasteiger charge is -2.33. The highest BCUT2D eigenvalue weighted by molar-refractivity contribution is 7.99. The molecule has 0 saturated heterocycles. The maximum Gasteiger partial charge on any atom is 0.416 e. The fourth-order valence-electron chi connectivity index (χ4n) is 2.01. The normalized spacial score (nSPS) is 20.3. The molecule has 19 heavy (non-hydrogen) atoms. The number of benzene rings is 1. The van der Waals surface area contributed by atoms with Crippen LogP contribution in [0.4, 0.5) is 13.2 Å². The van der Waals surface area contributed by atoms with Gasteiger partial charge < -0.3 is 5.73 Å². The van der Waals surface area contributed by atoms with E-state index in [9.17, 15) is 18.0 Å². The number of carbonyl (C=O) groups is 1. The van der Waals surface area contributed by atoms with E-state index in [2.05, 4.69) is 0 Å². The molecule has 104 valence electrons. The topological polar surface area (TPSA) is 43.1 Å². The summed E-state index contributed by atoms with van der Waals surface area (Å²) in [5.41, 5.74) is 4.88. The van der Waals surface area contributed by atoms with Gasteiger partial charge in [-0.25, -0.2) is 0 Å². The molecule has 0 aliphatic carbocycles. The molecule has 0 spiro atoms. The van der Waals surface area contributed by atoms with E-state index in [1.54, 1.807) is 13.8 Å². The molecule has 1 aromatic rings. The molecule has 0 amide bonds. The highest BCUT2D eigenvalue weighted by Gasteiger charge is 2.38. The van der Waals surface area contributed by atoms with Crippen molar-refractivity contribution in [2.45, 2.75) is 30.5 Å². The van der Waals surface area contributed by atoms with Gasteiger partial charge in [0.1, 0.15) is 0 Å². The van der Waals surface area contributed by atoms with Gasteiger partial charge in [-0.3, -0.25) is 4.79 Å². The number of thioether (sulfide) groups is 1. The second kappa shape index (κ2) is 4.52. The summed E-state index contributed by atoms with van der Waals surface area (Å²) in [7, 11) is 0. The van der Waals surface area contributed by atoms with Crippen molar-refractivity contribution in [3.8, 4) is 0 Å². The molecule has 1 heterocycles. The molecule has 1 aliphatic rings. The molecule has 0 bridgehead atoms. The molecule has 2 nitrogen and oxygen atoms in total. The molecule has 0 aromatic heterocycles. The van der Waals surface area contributed by atoms with Gasteiger partial charge in [-0.15, -0.1) is 11.8 Å². The van der Waals surface area contributed by atoms with Gasteiger partial charge >= 0.3 is 6.18 Å². The first-order valence-corrected chi connectivity index (χ1v) is 6.76. The number of nitrogens with two attached hydrogens (primary N) is 1. The summed E-state index contributed by atoms with van der Waals surface area (Å²) in [6.07, 6.45) is -4.39. The number of hydrogen-bond donors (Lipinski definition) is 1. The van der Waals surface area contributed by atoms with Crippen LogP contribution in [0.5, 0.6) is 0 Å². The Kier molecular flexibility index (Phi) is 3.43. The Bertz CT molecular complexity index is 520. The standard InChI is InChI=1S/C13H14F3NOS/c1-12(2,17)9-6-19-10-5-7(13(14,15)16)3-4-8(10)11(9)18/h3-5,9H,6,17H2,1-2H3. The molecule has 1 aliphatic heterocycles. The smallest absolute Gasteiger partial charge is 0.325 e. The highest BCUT2D eigenvalue weighted by atomic mass is 32.2. The van der Waals surface area contributed by atoms with Gasteiger partial charge in [-0.05, 0) is 32.0 Å². The zero-order valence-electron chi connectivity index (χ0n) is 10.5. The quantitative estimate of drug-likeness (QED) is 0.862. The van der Waals surface area contributed by atoms with Crippen LogP contribution in [0.1, 0.15) is 29.8 Å². The SMILES string of the molecule is CC(C)(N)C1CSc2cc(C(F)(F)F)ccc2C1=O. The fraction of sp³-hybridized carbons (Fsp3) is 0.462. The lowest BCUT2D eigenvalue weighted by atomic mass is 9.83. The Morgan fingerprint density at radius 1 is 1.32 bits per heavy atom. The largest absolute Gasteiger partial charge is 0.416 e. The van der Waals surface area contributed by atoms with E-state index in [0.29, 0.717) is 16.2 Å². The number of Topliss-reactive ketones (excluding diaryl/α,β-unsaturated/α-hetero) is 1. The molecular formula is C13H14F3NOS. The average Bonchev–Trinajstić information content (AvgIpc) is 2.26. The van der Waals surface area contributed by atoms with Gasteiger partial charge in [-0.1, -0.05) is 0 Å². The van der Waals surface area contributed by atoms with Crippen LogP contribution in [0.3, 0.4) is 0 Å². The van der Waals surface area contributed by atoms with Gasteiger partial charge in [0.25, 0.3) is 0 Å². The highest BCUT2D eigenvalue weighted by Crippen LogP contribution is 2.39. The Labute approximate surface area is 113 Å². The average molecular weight is 289 g/mol. The minimum atomic E-state index is -4.39. The molecule has 0 fully saturated rings. The molecule has 0 saturated carbocycles. The molecule has 2 rings (SSSR count). The van der Waals surface area contributed by atoms with Crippen molar-refractivity contribution < 1.29 is 18.0 Å². The van der Waals surface area contributed by atoms with Crippen molar-refractivity contribution in [1.82, 2.24) is 0 Å². The Morgan fingerprint density at radius 2 is 1.95 bits per heavy atom. The van der Waals surface area contributed by atoms with E-state index in [0.717, 1.165) is 12.1 Å². The second-order valence-corrected chi connectivity index (χ2v) is 6.32. The van der Waals surface area contributed by atoms with Gasteiger partial charge in [0.15, 0.2) is 5.78 Å². The number of halogens is 3. The Balaban J connectivity index is 2.40. The lowest BCUT2D eigenvalue weighted by molar-refractivity contribution is -0.137. The monoisotopic (exact) mass is 289 g/mol. The number of hydrogen-bond acceptors (Lipinski definition) is 3. The third-order valence-electron chi connectivity index (χ3n) is 3.19. The molecule has 0 radical (unpaired) electrons. The van der Waals surface area contributed by atoms with Gasteiger partial charge in [0.2, 0.25) is 0 Å². The van der Waals surface area contributed by atoms with Gasteiger partial charge in [0.05, 0.1) is 5.56 Å². The number of rotatable bonds is 1. The van der Waals surface area contributed by atoms with Crippen LogP contribution in [-0.2, 0) is 6.18 Å². The maximum absolute atomic E-state index is 12.6. The zero-order chi connectivity index (χ0) is 14.4. The fourth-order valence-corrected chi connectivity index (χ4v) is 3.47. The number of alkyl halides is 3. The van der Waals surface area contributed by atoms with Crippen LogP contribution in [0.25, 0.3) is 0 Å². The molecule has 1 unspecified atom stereocenters. The lowest BCUT2D eigenvalue weighted by Crippen LogP contribution is -2.47. The predicted octanol–water partition coefficient (Wildman–Crippen LogP) is 3.35. The van der Waals surface area contributed by atoms with Crippen molar-refractivity contribution in [2.75, 3.05) is 5.75 Å². The molecule has 1 aromatic carbocycles. The summed E-state index contributed by atoms with van der Waals surface area (Å²) < 4.78 is 37.8. The van der Waals surface area contributed by atoms with E-state index in [4.69, 9.17) is 5.73 Å². The van der Waals surface area contributed by atoms with Crippen molar-refractivity contribution in [2.24, 2.45) is 11.7 Å². The summed E-state index contributed by atoms with van der Waals surface area (Å²) in [5.74, 6) is -0.131. The van der Waals surface area contributed by atoms with Crippen LogP contribution in [0, 0.1) is 5.92 Å². The van der Waals surface area contributed by atoms with Crippen molar-refractivity contribution in [3.05, 3.63) is 29.3 Å². The third kappa shape index (κ3) is 2.79. The Hall–Kier alpha value is -1.01. The first-order valence-electron chi connectivity index (χ1n) is 5.78. The Morgan fingerprint density at radius 3 is 2.47 bits per heavy atom. The molecule has 6 heteroatoms. The van der Waals surface area contributed by atoms with Gasteiger partial charge in [0, 0.05) is 27.7 Å². The van der Waals surface area contributed by atoms with Crippen LogP contribution in [0.15, 0.2) is 23.1 Å². The van der Waals surface area contributed by atoms with Gasteiger partial charge in [-0.2, -0.15) is 13.2 Å². The summed E-state index contributed by atoms with van der Waals surface area (Å²) in [6, 6.07) is 3.24. The summed E-state index contributed by atoms with van der Waals surface area (Å²) >= 11 is 1.26. The van der Waals surface area contributed by atoms with Crippen molar-refractivity contribution in [1.29, 1.82) is 0 Å².